The monoisotopic (exact) mass is 344 g/mol. The first-order valence-electron chi connectivity index (χ1n) is 9.64. The molecule has 0 radical (unpaired) electrons. The maximum absolute atomic E-state index is 2.67. The summed E-state index contributed by atoms with van der Waals surface area (Å²) in [4.78, 5) is 2.67. The van der Waals surface area contributed by atoms with Gasteiger partial charge in [-0.05, 0) is 61.6 Å². The van der Waals surface area contributed by atoms with Crippen LogP contribution in [0.3, 0.4) is 0 Å². The number of hydrogen-bond donors (Lipinski definition) is 0. The molecule has 1 aliphatic rings. The molecule has 2 aromatic carbocycles. The van der Waals surface area contributed by atoms with Gasteiger partial charge in [0.2, 0.25) is 0 Å². The first kappa shape index (κ1) is 17.1. The van der Waals surface area contributed by atoms with E-state index in [1.807, 2.05) is 0 Å². The van der Waals surface area contributed by atoms with Crippen molar-refractivity contribution in [3.05, 3.63) is 94.3 Å². The molecule has 0 unspecified atom stereocenters. The van der Waals surface area contributed by atoms with Gasteiger partial charge in [-0.15, -0.1) is 0 Å². The predicted octanol–water partition coefficient (Wildman–Crippen LogP) is 5.41. The average Bonchev–Trinajstić information content (AvgIpc) is 3.01. The molecule has 2 heteroatoms. The molecule has 1 aromatic heterocycles. The highest BCUT2D eigenvalue weighted by Gasteiger charge is 2.27. The number of nitrogens with zero attached hydrogens (tertiary/aromatic N) is 2. The van der Waals surface area contributed by atoms with E-state index in [2.05, 4.69) is 91.0 Å². The number of fused-ring (bicyclic) bond motifs is 1. The lowest BCUT2D eigenvalue weighted by Gasteiger charge is -2.31. The van der Waals surface area contributed by atoms with Crippen LogP contribution in [0.1, 0.15) is 46.0 Å². The molecule has 2 heterocycles. The van der Waals surface area contributed by atoms with Gasteiger partial charge in [0.15, 0.2) is 0 Å². The summed E-state index contributed by atoms with van der Waals surface area (Å²) in [5, 5.41) is 0. The Morgan fingerprint density at radius 1 is 0.846 bits per heavy atom. The standard InChI is InChI=1S/C24H28N2/c1-18-10-12-21(13-11-18)24-23-9-5-14-25(23)15-6-16-26(24)17-22-19(2)7-4-8-20(22)3/h4-5,7-14,24H,6,15-17H2,1-3H3/t24-/m0/s1. The van der Waals surface area contributed by atoms with E-state index in [1.54, 1.807) is 0 Å². The number of aryl methyl sites for hydroxylation is 4. The first-order valence-corrected chi connectivity index (χ1v) is 9.64. The minimum atomic E-state index is 0.312. The third-order valence-corrected chi connectivity index (χ3v) is 5.75. The molecule has 0 amide bonds. The minimum Gasteiger partial charge on any atom is -0.350 e. The molecular weight excluding hydrogens is 316 g/mol. The SMILES string of the molecule is Cc1ccc([C@H]2c3cccn3CCCN2Cc2c(C)cccc2C)cc1. The fraction of sp³-hybridized carbons (Fsp3) is 0.333. The van der Waals surface area contributed by atoms with Crippen LogP contribution >= 0.6 is 0 Å². The summed E-state index contributed by atoms with van der Waals surface area (Å²) < 4.78 is 2.44. The Bertz CT molecular complexity index is 869. The van der Waals surface area contributed by atoms with Gasteiger partial charge in [0.05, 0.1) is 6.04 Å². The molecule has 0 saturated carbocycles. The smallest absolute Gasteiger partial charge is 0.0759 e. The van der Waals surface area contributed by atoms with Gasteiger partial charge in [0.1, 0.15) is 0 Å². The molecule has 0 spiro atoms. The van der Waals surface area contributed by atoms with Gasteiger partial charge in [-0.25, -0.2) is 0 Å². The summed E-state index contributed by atoms with van der Waals surface area (Å²) in [6, 6.07) is 20.5. The van der Waals surface area contributed by atoms with E-state index in [-0.39, 0.29) is 0 Å². The van der Waals surface area contributed by atoms with Crippen molar-refractivity contribution in [3.63, 3.8) is 0 Å². The molecule has 134 valence electrons. The van der Waals surface area contributed by atoms with Gasteiger partial charge in [-0.2, -0.15) is 0 Å². The third kappa shape index (κ3) is 3.22. The summed E-state index contributed by atoms with van der Waals surface area (Å²) in [6.07, 6.45) is 3.42. The zero-order valence-corrected chi connectivity index (χ0v) is 16.1. The van der Waals surface area contributed by atoms with Gasteiger partial charge >= 0.3 is 0 Å². The number of rotatable bonds is 3. The van der Waals surface area contributed by atoms with Gasteiger partial charge in [-0.1, -0.05) is 48.0 Å². The van der Waals surface area contributed by atoms with Gasteiger partial charge in [-0.3, -0.25) is 4.90 Å². The molecule has 0 N–H and O–H groups in total. The maximum atomic E-state index is 2.67. The average molecular weight is 345 g/mol. The van der Waals surface area contributed by atoms with Crippen LogP contribution in [0, 0.1) is 20.8 Å². The van der Waals surface area contributed by atoms with Crippen molar-refractivity contribution in [2.45, 2.75) is 46.3 Å². The predicted molar refractivity (Wildman–Crippen MR) is 108 cm³/mol. The van der Waals surface area contributed by atoms with E-state index in [0.717, 1.165) is 19.6 Å². The number of hydrogen-bond acceptors (Lipinski definition) is 1. The summed E-state index contributed by atoms with van der Waals surface area (Å²) in [6.45, 7) is 9.87. The molecule has 3 aromatic rings. The topological polar surface area (TPSA) is 8.17 Å². The van der Waals surface area contributed by atoms with Crippen molar-refractivity contribution >= 4 is 0 Å². The Morgan fingerprint density at radius 2 is 1.58 bits per heavy atom. The van der Waals surface area contributed by atoms with Gasteiger partial charge in [0.25, 0.3) is 0 Å². The number of benzene rings is 2. The first-order chi connectivity index (χ1) is 12.6. The van der Waals surface area contributed by atoms with E-state index in [4.69, 9.17) is 0 Å². The largest absolute Gasteiger partial charge is 0.350 e. The van der Waals surface area contributed by atoms with E-state index in [1.165, 1.54) is 39.9 Å². The van der Waals surface area contributed by atoms with Crippen LogP contribution < -0.4 is 0 Å². The van der Waals surface area contributed by atoms with E-state index >= 15 is 0 Å². The van der Waals surface area contributed by atoms with Crippen LogP contribution in [-0.2, 0) is 13.1 Å². The molecule has 0 aliphatic carbocycles. The summed E-state index contributed by atoms with van der Waals surface area (Å²) >= 11 is 0. The molecule has 0 fully saturated rings. The Hall–Kier alpha value is -2.32. The molecule has 2 nitrogen and oxygen atoms in total. The van der Waals surface area contributed by atoms with Crippen molar-refractivity contribution in [2.24, 2.45) is 0 Å². The molecule has 1 aliphatic heterocycles. The lowest BCUT2D eigenvalue weighted by molar-refractivity contribution is 0.219. The second-order valence-electron chi connectivity index (χ2n) is 7.63. The summed E-state index contributed by atoms with van der Waals surface area (Å²) in [7, 11) is 0. The second kappa shape index (κ2) is 7.13. The highest BCUT2D eigenvalue weighted by atomic mass is 15.2. The van der Waals surface area contributed by atoms with Gasteiger partial charge < -0.3 is 4.57 Å². The number of aromatic nitrogens is 1. The van der Waals surface area contributed by atoms with Crippen molar-refractivity contribution in [2.75, 3.05) is 6.54 Å². The molecule has 4 rings (SSSR count). The van der Waals surface area contributed by atoms with Crippen LogP contribution in [0.2, 0.25) is 0 Å². The van der Waals surface area contributed by atoms with Gasteiger partial charge in [0, 0.05) is 31.5 Å². The molecule has 26 heavy (non-hydrogen) atoms. The summed E-state index contributed by atoms with van der Waals surface area (Å²) in [5.74, 6) is 0. The van der Waals surface area contributed by atoms with Crippen LogP contribution in [-0.4, -0.2) is 16.0 Å². The summed E-state index contributed by atoms with van der Waals surface area (Å²) in [5.41, 5.74) is 8.39. The zero-order valence-electron chi connectivity index (χ0n) is 16.1. The maximum Gasteiger partial charge on any atom is 0.0759 e. The van der Waals surface area contributed by atoms with E-state index < -0.39 is 0 Å². The van der Waals surface area contributed by atoms with Crippen molar-refractivity contribution < 1.29 is 0 Å². The Labute approximate surface area is 157 Å². The highest BCUT2D eigenvalue weighted by Crippen LogP contribution is 2.34. The Kier molecular flexibility index (Phi) is 4.69. The lowest BCUT2D eigenvalue weighted by atomic mass is 9.97. The van der Waals surface area contributed by atoms with Crippen LogP contribution in [0.25, 0.3) is 0 Å². The van der Waals surface area contributed by atoms with Crippen LogP contribution in [0.4, 0.5) is 0 Å². The van der Waals surface area contributed by atoms with E-state index in [9.17, 15) is 0 Å². The highest BCUT2D eigenvalue weighted by molar-refractivity contribution is 5.36. The normalized spacial score (nSPS) is 17.7. The van der Waals surface area contributed by atoms with Crippen LogP contribution in [0.15, 0.2) is 60.8 Å². The molecule has 0 bridgehead atoms. The fourth-order valence-electron chi connectivity index (χ4n) is 4.24. The van der Waals surface area contributed by atoms with Crippen molar-refractivity contribution in [1.29, 1.82) is 0 Å². The minimum absolute atomic E-state index is 0.312. The van der Waals surface area contributed by atoms with Crippen LogP contribution in [0.5, 0.6) is 0 Å². The molecule has 1 atom stereocenters. The lowest BCUT2D eigenvalue weighted by Crippen LogP contribution is -2.30. The van der Waals surface area contributed by atoms with E-state index in [0.29, 0.717) is 6.04 Å². The second-order valence-corrected chi connectivity index (χ2v) is 7.63. The molecular formula is C24H28N2. The fourth-order valence-corrected chi connectivity index (χ4v) is 4.24. The third-order valence-electron chi connectivity index (χ3n) is 5.75. The Balaban J connectivity index is 1.77. The molecule has 0 saturated heterocycles. The van der Waals surface area contributed by atoms with Crippen molar-refractivity contribution in [3.8, 4) is 0 Å². The zero-order chi connectivity index (χ0) is 18.1. The quantitative estimate of drug-likeness (QED) is 0.617. The Morgan fingerprint density at radius 3 is 2.31 bits per heavy atom. The van der Waals surface area contributed by atoms with Crippen molar-refractivity contribution in [1.82, 2.24) is 9.47 Å².